The highest BCUT2D eigenvalue weighted by atomic mass is 16.5. The highest BCUT2D eigenvalue weighted by Gasteiger charge is 2.18. The van der Waals surface area contributed by atoms with Crippen molar-refractivity contribution in [2.24, 2.45) is 0 Å². The number of amides is 2. The van der Waals surface area contributed by atoms with E-state index in [2.05, 4.69) is 10.6 Å². The van der Waals surface area contributed by atoms with E-state index in [9.17, 15) is 9.59 Å². The van der Waals surface area contributed by atoms with Gasteiger partial charge in [0.15, 0.2) is 11.5 Å². The molecule has 2 aromatic carbocycles. The molecule has 2 amide bonds. The third kappa shape index (κ3) is 4.99. The monoisotopic (exact) mass is 356 g/mol. The molecule has 6 nitrogen and oxygen atoms in total. The van der Waals surface area contributed by atoms with Gasteiger partial charge in [0.2, 0.25) is 11.8 Å². The Morgan fingerprint density at radius 1 is 1.04 bits per heavy atom. The number of aryl methyl sites for hydroxylation is 1. The van der Waals surface area contributed by atoms with Gasteiger partial charge < -0.3 is 20.1 Å². The zero-order valence-corrected chi connectivity index (χ0v) is 15.5. The second kappa shape index (κ2) is 8.89. The minimum atomic E-state index is -0.394. The third-order valence-electron chi connectivity index (χ3n) is 3.97. The maximum atomic E-state index is 12.5. The first kappa shape index (κ1) is 19.3. The molecule has 26 heavy (non-hydrogen) atoms. The summed E-state index contributed by atoms with van der Waals surface area (Å²) in [5.74, 6) is 0.746. The average Bonchev–Trinajstić information content (AvgIpc) is 2.62. The number of ether oxygens (including phenoxy) is 2. The zero-order chi connectivity index (χ0) is 19.1. The molecular weight excluding hydrogens is 332 g/mol. The predicted octanol–water partition coefficient (Wildman–Crippen LogP) is 3.22. The van der Waals surface area contributed by atoms with E-state index in [1.807, 2.05) is 37.3 Å². The Kier molecular flexibility index (Phi) is 6.60. The Balaban J connectivity index is 2.16. The number of nitrogens with one attached hydrogen (secondary N) is 2. The molecule has 0 bridgehead atoms. The fourth-order valence-corrected chi connectivity index (χ4v) is 2.68. The topological polar surface area (TPSA) is 76.7 Å². The van der Waals surface area contributed by atoms with Gasteiger partial charge in [0.25, 0.3) is 0 Å². The zero-order valence-electron chi connectivity index (χ0n) is 15.5. The summed E-state index contributed by atoms with van der Waals surface area (Å²) >= 11 is 0. The summed E-state index contributed by atoms with van der Waals surface area (Å²) in [5, 5.41) is 5.71. The molecule has 0 aromatic heterocycles. The standard InChI is InChI=1S/C20H24N2O4/c1-13-10-18(25-3)19(26-4)11-16(13)22-20(24)12-17(21-14(2)23)15-8-6-5-7-9-15/h5-11,17H,12H2,1-4H3,(H,21,23)(H,22,24). The smallest absolute Gasteiger partial charge is 0.226 e. The lowest BCUT2D eigenvalue weighted by atomic mass is 10.0. The van der Waals surface area contributed by atoms with Crippen LogP contribution in [0.1, 0.15) is 30.5 Å². The molecule has 0 aliphatic carbocycles. The molecule has 138 valence electrons. The first-order chi connectivity index (χ1) is 12.4. The second-order valence-corrected chi connectivity index (χ2v) is 5.94. The molecule has 2 N–H and O–H groups in total. The van der Waals surface area contributed by atoms with E-state index in [1.54, 1.807) is 26.4 Å². The Hall–Kier alpha value is -3.02. The molecule has 0 heterocycles. The maximum absolute atomic E-state index is 12.5. The summed E-state index contributed by atoms with van der Waals surface area (Å²) in [4.78, 5) is 24.1. The molecule has 6 heteroatoms. The summed E-state index contributed by atoms with van der Waals surface area (Å²) in [6, 6.07) is 12.5. The minimum absolute atomic E-state index is 0.122. The average molecular weight is 356 g/mol. The van der Waals surface area contributed by atoms with Crippen LogP contribution in [-0.4, -0.2) is 26.0 Å². The molecule has 0 fully saturated rings. The first-order valence-corrected chi connectivity index (χ1v) is 8.29. The van der Waals surface area contributed by atoms with Crippen molar-refractivity contribution in [1.82, 2.24) is 5.32 Å². The van der Waals surface area contributed by atoms with Crippen molar-refractivity contribution in [3.8, 4) is 11.5 Å². The number of carbonyl (C=O) groups is 2. The van der Waals surface area contributed by atoms with Crippen molar-refractivity contribution < 1.29 is 19.1 Å². The van der Waals surface area contributed by atoms with Crippen molar-refractivity contribution in [2.45, 2.75) is 26.3 Å². The van der Waals surface area contributed by atoms with Gasteiger partial charge in [-0.3, -0.25) is 9.59 Å². The number of hydrogen-bond donors (Lipinski definition) is 2. The number of hydrogen-bond acceptors (Lipinski definition) is 4. The van der Waals surface area contributed by atoms with Gasteiger partial charge in [-0.15, -0.1) is 0 Å². The molecular formula is C20H24N2O4. The van der Waals surface area contributed by atoms with Gasteiger partial charge in [-0.1, -0.05) is 30.3 Å². The van der Waals surface area contributed by atoms with Crippen LogP contribution >= 0.6 is 0 Å². The Bertz CT molecular complexity index is 775. The van der Waals surface area contributed by atoms with Crippen LogP contribution in [0.25, 0.3) is 0 Å². The lowest BCUT2D eigenvalue weighted by Crippen LogP contribution is -2.29. The third-order valence-corrected chi connectivity index (χ3v) is 3.97. The molecule has 2 rings (SSSR count). The number of rotatable bonds is 7. The van der Waals surface area contributed by atoms with Crippen molar-refractivity contribution in [3.63, 3.8) is 0 Å². The van der Waals surface area contributed by atoms with E-state index in [1.165, 1.54) is 6.92 Å². The molecule has 0 aliphatic rings. The maximum Gasteiger partial charge on any atom is 0.226 e. The number of methoxy groups -OCH3 is 2. The molecule has 1 atom stereocenters. The van der Waals surface area contributed by atoms with Gasteiger partial charge in [0.1, 0.15) is 0 Å². The fourth-order valence-electron chi connectivity index (χ4n) is 2.68. The first-order valence-electron chi connectivity index (χ1n) is 8.29. The Morgan fingerprint density at radius 2 is 1.65 bits per heavy atom. The van der Waals surface area contributed by atoms with Crippen LogP contribution < -0.4 is 20.1 Å². The van der Waals surface area contributed by atoms with Crippen molar-refractivity contribution in [1.29, 1.82) is 0 Å². The molecule has 0 spiro atoms. The Labute approximate surface area is 153 Å². The van der Waals surface area contributed by atoms with E-state index in [0.717, 1.165) is 11.1 Å². The van der Waals surface area contributed by atoms with E-state index in [4.69, 9.17) is 9.47 Å². The van der Waals surface area contributed by atoms with Crippen molar-refractivity contribution in [2.75, 3.05) is 19.5 Å². The summed E-state index contributed by atoms with van der Waals surface area (Å²) in [5.41, 5.74) is 2.37. The predicted molar refractivity (Wildman–Crippen MR) is 101 cm³/mol. The quantitative estimate of drug-likeness (QED) is 0.799. The van der Waals surface area contributed by atoms with Gasteiger partial charge in [-0.2, -0.15) is 0 Å². The summed E-state index contributed by atoms with van der Waals surface area (Å²) < 4.78 is 10.5. The number of benzene rings is 2. The largest absolute Gasteiger partial charge is 0.493 e. The highest BCUT2D eigenvalue weighted by Crippen LogP contribution is 2.33. The molecule has 0 aliphatic heterocycles. The van der Waals surface area contributed by atoms with Crippen molar-refractivity contribution >= 4 is 17.5 Å². The molecule has 0 saturated heterocycles. The summed E-state index contributed by atoms with van der Waals surface area (Å²) in [7, 11) is 3.11. The van der Waals surface area contributed by atoms with Gasteiger partial charge in [0, 0.05) is 18.7 Å². The van der Waals surface area contributed by atoms with Crippen LogP contribution in [0.3, 0.4) is 0 Å². The second-order valence-electron chi connectivity index (χ2n) is 5.94. The van der Waals surface area contributed by atoms with Crippen LogP contribution in [0, 0.1) is 6.92 Å². The van der Waals surface area contributed by atoms with E-state index < -0.39 is 6.04 Å². The number of anilines is 1. The van der Waals surface area contributed by atoms with Gasteiger partial charge in [-0.25, -0.2) is 0 Å². The highest BCUT2D eigenvalue weighted by molar-refractivity contribution is 5.92. The van der Waals surface area contributed by atoms with Crippen molar-refractivity contribution in [3.05, 3.63) is 53.6 Å². The van der Waals surface area contributed by atoms with E-state index in [0.29, 0.717) is 17.2 Å². The molecule has 0 saturated carbocycles. The van der Waals surface area contributed by atoms with Crippen LogP contribution in [0.15, 0.2) is 42.5 Å². The Morgan fingerprint density at radius 3 is 2.23 bits per heavy atom. The molecule has 1 unspecified atom stereocenters. The van der Waals surface area contributed by atoms with Crippen LogP contribution in [0.4, 0.5) is 5.69 Å². The molecule has 2 aromatic rings. The minimum Gasteiger partial charge on any atom is -0.493 e. The fraction of sp³-hybridized carbons (Fsp3) is 0.300. The number of carbonyl (C=O) groups excluding carboxylic acids is 2. The van der Waals surface area contributed by atoms with Gasteiger partial charge in [0.05, 0.1) is 26.7 Å². The summed E-state index contributed by atoms with van der Waals surface area (Å²) in [6.07, 6.45) is 0.122. The lowest BCUT2D eigenvalue weighted by molar-refractivity contribution is -0.120. The van der Waals surface area contributed by atoms with Gasteiger partial charge >= 0.3 is 0 Å². The molecule has 0 radical (unpaired) electrons. The van der Waals surface area contributed by atoms with Crippen LogP contribution in [-0.2, 0) is 9.59 Å². The van der Waals surface area contributed by atoms with E-state index >= 15 is 0 Å². The van der Waals surface area contributed by atoms with Crippen LogP contribution in [0.2, 0.25) is 0 Å². The van der Waals surface area contributed by atoms with Gasteiger partial charge in [-0.05, 0) is 24.1 Å². The van der Waals surface area contributed by atoms with Crippen LogP contribution in [0.5, 0.6) is 11.5 Å². The SMILES string of the molecule is COc1cc(C)c(NC(=O)CC(NC(C)=O)c2ccccc2)cc1OC. The summed E-state index contributed by atoms with van der Waals surface area (Å²) in [6.45, 7) is 3.31. The van der Waals surface area contributed by atoms with E-state index in [-0.39, 0.29) is 18.2 Å². The normalized spacial score (nSPS) is 11.4. The lowest BCUT2D eigenvalue weighted by Gasteiger charge is -2.19.